The molecule has 0 aromatic carbocycles. The van der Waals surface area contributed by atoms with Gasteiger partial charge in [-0.05, 0) is 18.6 Å². The van der Waals surface area contributed by atoms with E-state index < -0.39 is 17.8 Å². The van der Waals surface area contributed by atoms with Crippen LogP contribution in [0.1, 0.15) is 22.3 Å². The third-order valence-corrected chi connectivity index (χ3v) is 4.43. The van der Waals surface area contributed by atoms with Gasteiger partial charge in [0.2, 0.25) is 5.13 Å². The average molecular weight is 348 g/mol. The maximum Gasteiger partial charge on any atom is 0.398 e. The van der Waals surface area contributed by atoms with E-state index in [2.05, 4.69) is 20.5 Å². The fourth-order valence-corrected chi connectivity index (χ4v) is 2.87. The van der Waals surface area contributed by atoms with Crippen LogP contribution in [0.5, 0.6) is 0 Å². The number of carbonyl (C=O) groups is 1. The van der Waals surface area contributed by atoms with Gasteiger partial charge in [0.1, 0.15) is 10.0 Å². The van der Waals surface area contributed by atoms with Crippen LogP contribution in [0.2, 0.25) is 0 Å². The van der Waals surface area contributed by atoms with E-state index in [1.807, 2.05) is 6.92 Å². The normalized spacial score (nSPS) is 11.5. The molecule has 5 nitrogen and oxygen atoms in total. The lowest BCUT2D eigenvalue weighted by Gasteiger charge is -2.09. The summed E-state index contributed by atoms with van der Waals surface area (Å²) in [5, 5.41) is 11.3. The number of hydrogen-bond acceptors (Lipinski definition) is 6. The van der Waals surface area contributed by atoms with Crippen LogP contribution >= 0.6 is 23.1 Å². The fraction of sp³-hybridized carbons (Fsp3) is 0.333. The van der Waals surface area contributed by atoms with Crippen LogP contribution in [0, 0.1) is 0 Å². The average Bonchev–Trinajstić information content (AvgIpc) is 2.92. The largest absolute Gasteiger partial charge is 0.398 e. The molecule has 2 rings (SSSR count). The van der Waals surface area contributed by atoms with E-state index in [-0.39, 0.29) is 10.6 Å². The third kappa shape index (κ3) is 4.67. The Balaban J connectivity index is 2.12. The third-order valence-electron chi connectivity index (χ3n) is 2.38. The second-order valence-corrected chi connectivity index (χ2v) is 6.09. The van der Waals surface area contributed by atoms with Crippen LogP contribution in [0.4, 0.5) is 18.3 Å². The summed E-state index contributed by atoms with van der Waals surface area (Å²) in [7, 11) is 0. The van der Waals surface area contributed by atoms with E-state index in [1.54, 1.807) is 0 Å². The molecule has 118 valence electrons. The lowest BCUT2D eigenvalue weighted by molar-refractivity contribution is -0.105. The van der Waals surface area contributed by atoms with Gasteiger partial charge < -0.3 is 0 Å². The summed E-state index contributed by atoms with van der Waals surface area (Å²) in [6, 6.07) is 2.91. The monoisotopic (exact) mass is 348 g/mol. The lowest BCUT2D eigenvalue weighted by Crippen LogP contribution is -2.15. The zero-order valence-corrected chi connectivity index (χ0v) is 13.0. The Labute approximate surface area is 132 Å². The minimum atomic E-state index is -4.33. The first kappa shape index (κ1) is 16.7. The first-order valence-electron chi connectivity index (χ1n) is 6.17. The number of alkyl halides is 3. The molecule has 0 saturated heterocycles. The molecule has 0 radical (unpaired) electrons. The number of nitrogens with zero attached hydrogens (tertiary/aromatic N) is 3. The molecular weight excluding hydrogens is 337 g/mol. The number of carbonyl (C=O) groups excluding carboxylic acids is 1. The molecule has 1 amide bonds. The number of halogens is 3. The summed E-state index contributed by atoms with van der Waals surface area (Å²) < 4.78 is 36.9. The van der Waals surface area contributed by atoms with Crippen LogP contribution in [0.3, 0.4) is 0 Å². The van der Waals surface area contributed by atoms with Crippen molar-refractivity contribution in [1.29, 1.82) is 0 Å². The molecule has 10 heteroatoms. The molecule has 2 aromatic heterocycles. The summed E-state index contributed by atoms with van der Waals surface area (Å²) in [4.78, 5) is 16.0. The number of amides is 1. The summed E-state index contributed by atoms with van der Waals surface area (Å²) in [5.41, 5.74) is 0.0741. The molecule has 0 saturated carbocycles. The maximum absolute atomic E-state index is 12.3. The van der Waals surface area contributed by atoms with Gasteiger partial charge in [0.25, 0.3) is 5.91 Å². The lowest BCUT2D eigenvalue weighted by atomic mass is 10.3. The van der Waals surface area contributed by atoms with Crippen LogP contribution < -0.4 is 5.32 Å². The van der Waals surface area contributed by atoms with E-state index in [9.17, 15) is 18.0 Å². The Bertz CT molecular complexity index is 660. The number of aromatic nitrogens is 3. The fourth-order valence-electron chi connectivity index (χ4n) is 1.44. The van der Waals surface area contributed by atoms with E-state index in [1.165, 1.54) is 29.7 Å². The first-order valence-corrected chi connectivity index (χ1v) is 7.97. The minimum absolute atomic E-state index is 0.0255. The van der Waals surface area contributed by atoms with Gasteiger partial charge in [-0.1, -0.05) is 30.0 Å². The van der Waals surface area contributed by atoms with Gasteiger partial charge in [0.15, 0.2) is 0 Å². The van der Waals surface area contributed by atoms with Crippen molar-refractivity contribution >= 4 is 34.1 Å². The highest BCUT2D eigenvalue weighted by Crippen LogP contribution is 2.28. The van der Waals surface area contributed by atoms with Crippen LogP contribution in [0.25, 0.3) is 0 Å². The first-order chi connectivity index (χ1) is 10.4. The summed E-state index contributed by atoms with van der Waals surface area (Å²) in [6.45, 7) is 1.90. The topological polar surface area (TPSA) is 67.8 Å². The van der Waals surface area contributed by atoms with E-state index in [0.29, 0.717) is 23.3 Å². The number of aryl methyl sites for hydroxylation is 1. The number of hydrogen-bond donors (Lipinski definition) is 1. The molecule has 22 heavy (non-hydrogen) atoms. The number of pyridine rings is 1. The van der Waals surface area contributed by atoms with Crippen molar-refractivity contribution in [2.24, 2.45) is 0 Å². The maximum atomic E-state index is 12.3. The van der Waals surface area contributed by atoms with Crippen molar-refractivity contribution in [3.8, 4) is 0 Å². The number of anilines is 1. The predicted octanol–water partition coefficient (Wildman–Crippen LogP) is 3.40. The molecule has 1 N–H and O–H groups in total. The van der Waals surface area contributed by atoms with Gasteiger partial charge in [0.05, 0.1) is 11.3 Å². The molecule has 0 unspecified atom stereocenters. The van der Waals surface area contributed by atoms with E-state index in [0.717, 1.165) is 5.01 Å². The SMILES string of the molecule is CCc1nnc(NC(=O)c2cccnc2SCC(F)(F)F)s1. The zero-order chi connectivity index (χ0) is 16.2. The molecule has 0 atom stereocenters. The van der Waals surface area contributed by atoms with Gasteiger partial charge in [-0.25, -0.2) is 4.98 Å². The number of thioether (sulfide) groups is 1. The molecule has 0 fully saturated rings. The zero-order valence-electron chi connectivity index (χ0n) is 11.3. The van der Waals surface area contributed by atoms with Gasteiger partial charge >= 0.3 is 6.18 Å². The molecule has 0 bridgehead atoms. The van der Waals surface area contributed by atoms with Gasteiger partial charge in [-0.2, -0.15) is 13.2 Å². The van der Waals surface area contributed by atoms with Gasteiger partial charge in [-0.15, -0.1) is 10.2 Å². The Kier molecular flexibility index (Phi) is 5.35. The van der Waals surface area contributed by atoms with Crippen molar-refractivity contribution in [2.45, 2.75) is 24.5 Å². The Morgan fingerprint density at radius 2 is 2.18 bits per heavy atom. The Hall–Kier alpha value is -1.68. The highest BCUT2D eigenvalue weighted by molar-refractivity contribution is 7.99. The molecule has 0 aliphatic heterocycles. The molecule has 2 aromatic rings. The smallest absolute Gasteiger partial charge is 0.296 e. The van der Waals surface area contributed by atoms with Gasteiger partial charge in [0, 0.05) is 6.20 Å². The Morgan fingerprint density at radius 1 is 1.41 bits per heavy atom. The second kappa shape index (κ2) is 7.05. The van der Waals surface area contributed by atoms with E-state index >= 15 is 0 Å². The Morgan fingerprint density at radius 3 is 2.82 bits per heavy atom. The van der Waals surface area contributed by atoms with Crippen LogP contribution in [-0.2, 0) is 6.42 Å². The van der Waals surface area contributed by atoms with E-state index in [4.69, 9.17) is 0 Å². The van der Waals surface area contributed by atoms with Crippen molar-refractivity contribution in [3.05, 3.63) is 28.9 Å². The standard InChI is InChI=1S/C12H11F3N4OS2/c1-2-8-18-19-11(22-8)17-9(20)7-4-3-5-16-10(7)21-6-12(13,14)15/h3-5H,2,6H2,1H3,(H,17,19,20). The predicted molar refractivity (Wildman–Crippen MR) is 78.3 cm³/mol. The van der Waals surface area contributed by atoms with Gasteiger partial charge in [-0.3, -0.25) is 10.1 Å². The van der Waals surface area contributed by atoms with Crippen molar-refractivity contribution < 1.29 is 18.0 Å². The van der Waals surface area contributed by atoms with Crippen molar-refractivity contribution in [3.63, 3.8) is 0 Å². The van der Waals surface area contributed by atoms with Crippen LogP contribution in [-0.4, -0.2) is 33.0 Å². The summed E-state index contributed by atoms with van der Waals surface area (Å²) in [6.07, 6.45) is -2.30. The number of rotatable bonds is 5. The van der Waals surface area contributed by atoms with Crippen molar-refractivity contribution in [2.75, 3.05) is 11.1 Å². The highest BCUT2D eigenvalue weighted by atomic mass is 32.2. The quantitative estimate of drug-likeness (QED) is 0.839. The second-order valence-electron chi connectivity index (χ2n) is 4.07. The summed E-state index contributed by atoms with van der Waals surface area (Å²) in [5.74, 6) is -1.67. The minimum Gasteiger partial charge on any atom is -0.296 e. The number of nitrogens with one attached hydrogen (secondary N) is 1. The van der Waals surface area contributed by atoms with Crippen LogP contribution in [0.15, 0.2) is 23.4 Å². The molecule has 0 spiro atoms. The van der Waals surface area contributed by atoms with Crippen molar-refractivity contribution in [1.82, 2.24) is 15.2 Å². The summed E-state index contributed by atoms with van der Waals surface area (Å²) >= 11 is 1.69. The molecule has 0 aliphatic carbocycles. The highest BCUT2D eigenvalue weighted by Gasteiger charge is 2.28. The molecule has 0 aliphatic rings. The molecular formula is C12H11F3N4OS2. The molecule has 2 heterocycles.